The molecule has 2 amide bonds. The highest BCUT2D eigenvalue weighted by Gasteiger charge is 2.39. The Labute approximate surface area is 148 Å². The van der Waals surface area contributed by atoms with Crippen LogP contribution in [-0.2, 0) is 16.0 Å². The quantitative estimate of drug-likeness (QED) is 0.796. The highest BCUT2D eigenvalue weighted by Crippen LogP contribution is 2.31. The normalized spacial score (nSPS) is 23.6. The molecule has 2 saturated heterocycles. The Morgan fingerprint density at radius 1 is 1.40 bits per heavy atom. The summed E-state index contributed by atoms with van der Waals surface area (Å²) in [6.45, 7) is 4.50. The van der Waals surface area contributed by atoms with E-state index in [0.717, 1.165) is 45.3 Å². The van der Waals surface area contributed by atoms with Crippen molar-refractivity contribution in [1.29, 1.82) is 0 Å². The molecule has 1 aromatic heterocycles. The Hall–Kier alpha value is -2.12. The van der Waals surface area contributed by atoms with E-state index in [1.807, 2.05) is 4.90 Å². The average molecular weight is 348 g/mol. The molecular formula is C17H28N6O2. The van der Waals surface area contributed by atoms with E-state index in [0.29, 0.717) is 37.0 Å². The Morgan fingerprint density at radius 3 is 2.96 bits per heavy atom. The van der Waals surface area contributed by atoms with Crippen molar-refractivity contribution in [1.82, 2.24) is 25.0 Å². The number of carbonyl (C=O) groups excluding carboxylic acids is 2. The van der Waals surface area contributed by atoms with E-state index in [2.05, 4.69) is 27.0 Å². The average Bonchev–Trinajstić information content (AvgIpc) is 3.04. The van der Waals surface area contributed by atoms with E-state index in [1.54, 1.807) is 0 Å². The van der Waals surface area contributed by atoms with Crippen LogP contribution in [0.2, 0.25) is 0 Å². The molecule has 2 aliphatic heterocycles. The highest BCUT2D eigenvalue weighted by atomic mass is 16.2. The number of aromatic nitrogens is 3. The van der Waals surface area contributed by atoms with Gasteiger partial charge in [-0.15, -0.1) is 5.10 Å². The lowest BCUT2D eigenvalue weighted by Crippen LogP contribution is -2.57. The summed E-state index contributed by atoms with van der Waals surface area (Å²) in [7, 11) is 0. The fourth-order valence-electron chi connectivity index (χ4n) is 4.00. The number of anilines is 1. The van der Waals surface area contributed by atoms with Crippen molar-refractivity contribution in [2.45, 2.75) is 57.9 Å². The molecule has 8 nitrogen and oxygen atoms in total. The molecule has 0 unspecified atom stereocenters. The highest BCUT2D eigenvalue weighted by molar-refractivity contribution is 5.78. The van der Waals surface area contributed by atoms with E-state index < -0.39 is 0 Å². The number of piperidine rings is 2. The molecule has 0 saturated carbocycles. The van der Waals surface area contributed by atoms with Crippen molar-refractivity contribution < 1.29 is 9.59 Å². The Balaban J connectivity index is 1.53. The number of unbranched alkanes of at least 4 members (excludes halogenated alkanes) is 1. The van der Waals surface area contributed by atoms with Crippen LogP contribution >= 0.6 is 0 Å². The van der Waals surface area contributed by atoms with Gasteiger partial charge >= 0.3 is 0 Å². The van der Waals surface area contributed by atoms with Crippen molar-refractivity contribution in [3.05, 3.63) is 5.82 Å². The molecule has 2 atom stereocenters. The summed E-state index contributed by atoms with van der Waals surface area (Å²) in [4.78, 5) is 32.8. The molecule has 3 N–H and O–H groups in total. The Morgan fingerprint density at radius 2 is 2.24 bits per heavy atom. The number of fused-ring (bicyclic) bond motifs is 1. The summed E-state index contributed by atoms with van der Waals surface area (Å²) < 4.78 is 0. The summed E-state index contributed by atoms with van der Waals surface area (Å²) in [6.07, 6.45) is 5.48. The molecule has 2 fully saturated rings. The van der Waals surface area contributed by atoms with Crippen LogP contribution in [0, 0.1) is 5.92 Å². The molecule has 0 aromatic carbocycles. The zero-order valence-corrected chi connectivity index (χ0v) is 14.9. The zero-order valence-electron chi connectivity index (χ0n) is 14.9. The van der Waals surface area contributed by atoms with Gasteiger partial charge in [-0.3, -0.25) is 14.7 Å². The molecule has 3 heterocycles. The van der Waals surface area contributed by atoms with E-state index in [4.69, 9.17) is 5.73 Å². The predicted molar refractivity (Wildman–Crippen MR) is 93.4 cm³/mol. The van der Waals surface area contributed by atoms with Gasteiger partial charge in [-0.25, -0.2) is 0 Å². The van der Waals surface area contributed by atoms with Gasteiger partial charge in [0.25, 0.3) is 0 Å². The van der Waals surface area contributed by atoms with Crippen LogP contribution in [0.1, 0.15) is 51.3 Å². The molecular weight excluding hydrogens is 320 g/mol. The van der Waals surface area contributed by atoms with Crippen molar-refractivity contribution in [2.24, 2.45) is 5.92 Å². The van der Waals surface area contributed by atoms with Crippen molar-refractivity contribution in [2.75, 3.05) is 25.4 Å². The van der Waals surface area contributed by atoms with Crippen LogP contribution in [0.4, 0.5) is 5.95 Å². The molecule has 0 spiro atoms. The number of amides is 2. The SMILES string of the molecule is CCCCN1C(=O)CC[C@H]2CN(C(=O)CCc3nc(N)n[nH]3)CC[C@H]21. The fourth-order valence-corrected chi connectivity index (χ4v) is 4.00. The number of hydrogen-bond acceptors (Lipinski definition) is 5. The van der Waals surface area contributed by atoms with Gasteiger partial charge < -0.3 is 15.5 Å². The fraction of sp³-hybridized carbons (Fsp3) is 0.765. The van der Waals surface area contributed by atoms with E-state index in [-0.39, 0.29) is 17.8 Å². The topological polar surface area (TPSA) is 108 Å². The number of rotatable bonds is 6. The standard InChI is InChI=1S/C17H28N6O2/c1-2-3-9-23-13-8-10-22(11-12(13)4-6-16(23)25)15(24)7-5-14-19-17(18)21-20-14/h12-13H,2-11H2,1H3,(H3,18,19,20,21)/t12-,13+/m0/s1. The van der Waals surface area contributed by atoms with Gasteiger partial charge in [-0.2, -0.15) is 4.98 Å². The first kappa shape index (κ1) is 17.7. The first-order chi connectivity index (χ1) is 12.1. The number of carbonyl (C=O) groups is 2. The number of hydrogen-bond donors (Lipinski definition) is 2. The van der Waals surface area contributed by atoms with Crippen LogP contribution in [0.15, 0.2) is 0 Å². The van der Waals surface area contributed by atoms with Gasteiger partial charge in [-0.1, -0.05) is 13.3 Å². The summed E-state index contributed by atoms with van der Waals surface area (Å²) >= 11 is 0. The van der Waals surface area contributed by atoms with Crippen LogP contribution in [0.5, 0.6) is 0 Å². The van der Waals surface area contributed by atoms with Gasteiger partial charge in [0.05, 0.1) is 0 Å². The van der Waals surface area contributed by atoms with Gasteiger partial charge in [0.1, 0.15) is 5.82 Å². The largest absolute Gasteiger partial charge is 0.367 e. The molecule has 0 aliphatic carbocycles. The van der Waals surface area contributed by atoms with E-state index in [1.165, 1.54) is 0 Å². The summed E-state index contributed by atoms with van der Waals surface area (Å²) in [6, 6.07) is 0.311. The van der Waals surface area contributed by atoms with Crippen molar-refractivity contribution in [3.8, 4) is 0 Å². The molecule has 1 aromatic rings. The molecule has 138 valence electrons. The van der Waals surface area contributed by atoms with Crippen LogP contribution in [0.25, 0.3) is 0 Å². The first-order valence-electron chi connectivity index (χ1n) is 9.32. The first-order valence-corrected chi connectivity index (χ1v) is 9.32. The number of nitrogen functional groups attached to an aromatic ring is 1. The van der Waals surface area contributed by atoms with Crippen molar-refractivity contribution >= 4 is 17.8 Å². The lowest BCUT2D eigenvalue weighted by Gasteiger charge is -2.47. The third-order valence-corrected chi connectivity index (χ3v) is 5.37. The third kappa shape index (κ3) is 4.11. The summed E-state index contributed by atoms with van der Waals surface area (Å²) in [5, 5.41) is 6.52. The maximum absolute atomic E-state index is 12.5. The second kappa shape index (κ2) is 7.84. The molecule has 2 aliphatic rings. The molecule has 0 bridgehead atoms. The minimum absolute atomic E-state index is 0.144. The predicted octanol–water partition coefficient (Wildman–Crippen LogP) is 0.959. The molecule has 25 heavy (non-hydrogen) atoms. The van der Waals surface area contributed by atoms with Gasteiger partial charge in [0, 0.05) is 44.9 Å². The Kier molecular flexibility index (Phi) is 5.55. The van der Waals surface area contributed by atoms with Gasteiger partial charge in [-0.05, 0) is 25.2 Å². The second-order valence-electron chi connectivity index (χ2n) is 7.08. The minimum atomic E-state index is 0.144. The number of aryl methyl sites for hydroxylation is 1. The Bertz CT molecular complexity index is 616. The van der Waals surface area contributed by atoms with Crippen LogP contribution in [-0.4, -0.2) is 62.5 Å². The number of nitrogens with two attached hydrogens (primary N) is 1. The minimum Gasteiger partial charge on any atom is -0.367 e. The van der Waals surface area contributed by atoms with Gasteiger partial charge in [0.15, 0.2) is 0 Å². The van der Waals surface area contributed by atoms with Crippen LogP contribution < -0.4 is 5.73 Å². The maximum Gasteiger partial charge on any atom is 0.239 e. The number of aromatic amines is 1. The maximum atomic E-state index is 12.5. The molecule has 3 rings (SSSR count). The van der Waals surface area contributed by atoms with E-state index in [9.17, 15) is 9.59 Å². The lowest BCUT2D eigenvalue weighted by molar-refractivity contribution is -0.144. The lowest BCUT2D eigenvalue weighted by atomic mass is 9.83. The van der Waals surface area contributed by atoms with Gasteiger partial charge in [0.2, 0.25) is 17.8 Å². The van der Waals surface area contributed by atoms with Crippen molar-refractivity contribution in [3.63, 3.8) is 0 Å². The third-order valence-electron chi connectivity index (χ3n) is 5.37. The number of H-pyrrole nitrogens is 1. The summed E-state index contributed by atoms with van der Waals surface area (Å²) in [5.41, 5.74) is 5.48. The second-order valence-corrected chi connectivity index (χ2v) is 7.08. The molecule has 8 heteroatoms. The van der Waals surface area contributed by atoms with Crippen LogP contribution in [0.3, 0.4) is 0 Å². The number of nitrogens with one attached hydrogen (secondary N) is 1. The monoisotopic (exact) mass is 348 g/mol. The van der Waals surface area contributed by atoms with E-state index >= 15 is 0 Å². The number of nitrogens with zero attached hydrogens (tertiary/aromatic N) is 4. The smallest absolute Gasteiger partial charge is 0.239 e. The molecule has 0 radical (unpaired) electrons. The summed E-state index contributed by atoms with van der Waals surface area (Å²) in [5.74, 6) is 1.70. The zero-order chi connectivity index (χ0) is 17.8. The number of likely N-dealkylation sites (tertiary alicyclic amines) is 2.